The Morgan fingerprint density at radius 1 is 1.17 bits per heavy atom. The third-order valence-corrected chi connectivity index (χ3v) is 5.40. The van der Waals surface area contributed by atoms with E-state index in [1.165, 1.54) is 18.0 Å². The number of rotatable bonds is 5. The Morgan fingerprint density at radius 2 is 2.03 bits per heavy atom. The van der Waals surface area contributed by atoms with Crippen molar-refractivity contribution in [3.63, 3.8) is 0 Å². The molecule has 0 bridgehead atoms. The van der Waals surface area contributed by atoms with Crippen LogP contribution >= 0.6 is 23.4 Å². The molecule has 1 amide bonds. The van der Waals surface area contributed by atoms with Crippen LogP contribution < -0.4 is 5.32 Å². The molecule has 4 aromatic rings. The fraction of sp³-hybridized carbons (Fsp3) is 0.150. The number of anilines is 1. The molecule has 0 radical (unpaired) electrons. The van der Waals surface area contributed by atoms with Gasteiger partial charge < -0.3 is 9.88 Å². The maximum absolute atomic E-state index is 12.4. The standard InChI is InChI=1S/C20H17ClN6OS/c1-12-7-8-22-20(24-12)29-11-18-26-15-9-14(4-5-16(15)27(18)2)25-19(28)13-3-6-17(21)23-10-13/h3-10H,11H2,1-2H3,(H,25,28). The molecule has 0 unspecified atom stereocenters. The highest BCUT2D eigenvalue weighted by atomic mass is 35.5. The van der Waals surface area contributed by atoms with E-state index in [1.807, 2.05) is 42.8 Å². The van der Waals surface area contributed by atoms with E-state index in [-0.39, 0.29) is 5.91 Å². The van der Waals surface area contributed by atoms with Crippen LogP contribution in [0.25, 0.3) is 11.0 Å². The molecule has 9 heteroatoms. The van der Waals surface area contributed by atoms with Gasteiger partial charge >= 0.3 is 0 Å². The first-order valence-corrected chi connectivity index (χ1v) is 10.2. The number of hydrogen-bond donors (Lipinski definition) is 1. The molecule has 29 heavy (non-hydrogen) atoms. The Bertz CT molecular complexity index is 1190. The Hall–Kier alpha value is -2.97. The number of carbonyl (C=O) groups is 1. The predicted molar refractivity (Wildman–Crippen MR) is 114 cm³/mol. The van der Waals surface area contributed by atoms with Gasteiger partial charge in [0.2, 0.25) is 0 Å². The number of benzene rings is 1. The smallest absolute Gasteiger partial charge is 0.257 e. The van der Waals surface area contributed by atoms with E-state index in [9.17, 15) is 4.79 Å². The molecule has 0 saturated carbocycles. The van der Waals surface area contributed by atoms with Gasteiger partial charge in [-0.3, -0.25) is 4.79 Å². The summed E-state index contributed by atoms with van der Waals surface area (Å²) in [6, 6.07) is 10.7. The zero-order chi connectivity index (χ0) is 20.4. The summed E-state index contributed by atoms with van der Waals surface area (Å²) >= 11 is 7.31. The lowest BCUT2D eigenvalue weighted by molar-refractivity contribution is 0.102. The number of hydrogen-bond acceptors (Lipinski definition) is 6. The van der Waals surface area contributed by atoms with Gasteiger partial charge in [0.15, 0.2) is 5.16 Å². The summed E-state index contributed by atoms with van der Waals surface area (Å²) in [6.45, 7) is 1.94. The largest absolute Gasteiger partial charge is 0.330 e. The van der Waals surface area contributed by atoms with Gasteiger partial charge in [-0.2, -0.15) is 0 Å². The monoisotopic (exact) mass is 424 g/mol. The summed E-state index contributed by atoms with van der Waals surface area (Å²) in [4.78, 5) is 29.7. The molecule has 3 heterocycles. The number of nitrogens with one attached hydrogen (secondary N) is 1. The maximum atomic E-state index is 12.4. The lowest BCUT2D eigenvalue weighted by Crippen LogP contribution is -2.12. The van der Waals surface area contributed by atoms with Crippen LogP contribution in [0.1, 0.15) is 21.9 Å². The Balaban J connectivity index is 1.52. The van der Waals surface area contributed by atoms with Crippen molar-refractivity contribution >= 4 is 46.0 Å². The minimum atomic E-state index is -0.253. The van der Waals surface area contributed by atoms with Crippen LogP contribution in [-0.4, -0.2) is 30.4 Å². The molecule has 1 aromatic carbocycles. The second kappa shape index (κ2) is 8.18. The van der Waals surface area contributed by atoms with Crippen LogP contribution in [0.15, 0.2) is 53.9 Å². The van der Waals surface area contributed by atoms with Gasteiger partial charge in [-0.25, -0.2) is 19.9 Å². The van der Waals surface area contributed by atoms with Gasteiger partial charge in [-0.1, -0.05) is 23.4 Å². The van der Waals surface area contributed by atoms with Crippen LogP contribution in [0.3, 0.4) is 0 Å². The van der Waals surface area contributed by atoms with E-state index < -0.39 is 0 Å². The summed E-state index contributed by atoms with van der Waals surface area (Å²) in [7, 11) is 1.97. The van der Waals surface area contributed by atoms with Crippen molar-refractivity contribution in [2.45, 2.75) is 17.8 Å². The van der Waals surface area contributed by atoms with Gasteiger partial charge in [0.25, 0.3) is 5.91 Å². The molecule has 0 aliphatic carbocycles. The van der Waals surface area contributed by atoms with E-state index in [0.29, 0.717) is 22.2 Å². The summed E-state index contributed by atoms with van der Waals surface area (Å²) < 4.78 is 2.03. The third-order valence-electron chi connectivity index (χ3n) is 4.32. The number of pyridine rings is 1. The van der Waals surface area contributed by atoms with Crippen LogP contribution in [0.2, 0.25) is 5.15 Å². The average molecular weight is 425 g/mol. The molecule has 0 saturated heterocycles. The fourth-order valence-corrected chi connectivity index (χ4v) is 3.77. The molecule has 0 atom stereocenters. The van der Waals surface area contributed by atoms with E-state index in [1.54, 1.807) is 18.3 Å². The first kappa shape index (κ1) is 19.4. The van der Waals surface area contributed by atoms with Crippen molar-refractivity contribution in [1.29, 1.82) is 0 Å². The highest BCUT2D eigenvalue weighted by Crippen LogP contribution is 2.24. The van der Waals surface area contributed by atoms with E-state index in [4.69, 9.17) is 16.6 Å². The Kier molecular flexibility index (Phi) is 5.46. The topological polar surface area (TPSA) is 85.6 Å². The molecule has 0 aliphatic rings. The molecular weight excluding hydrogens is 408 g/mol. The van der Waals surface area contributed by atoms with Crippen molar-refractivity contribution in [3.05, 3.63) is 71.0 Å². The lowest BCUT2D eigenvalue weighted by Gasteiger charge is -2.05. The molecule has 4 rings (SSSR count). The number of amides is 1. The summed E-state index contributed by atoms with van der Waals surface area (Å²) in [6.07, 6.45) is 3.20. The summed E-state index contributed by atoms with van der Waals surface area (Å²) in [5, 5.41) is 3.94. The molecule has 3 aromatic heterocycles. The highest BCUT2D eigenvalue weighted by Gasteiger charge is 2.12. The number of imidazole rings is 1. The molecule has 0 spiro atoms. The van der Waals surface area contributed by atoms with E-state index in [2.05, 4.69) is 20.3 Å². The number of aryl methyl sites for hydroxylation is 2. The number of nitrogens with zero attached hydrogens (tertiary/aromatic N) is 5. The zero-order valence-corrected chi connectivity index (χ0v) is 17.3. The molecule has 0 fully saturated rings. The van der Waals surface area contributed by atoms with Crippen molar-refractivity contribution in [2.75, 3.05) is 5.32 Å². The number of halogens is 1. The van der Waals surface area contributed by atoms with Crippen molar-refractivity contribution in [2.24, 2.45) is 7.05 Å². The SMILES string of the molecule is Cc1ccnc(SCc2nc3cc(NC(=O)c4ccc(Cl)nc4)ccc3n2C)n1. The van der Waals surface area contributed by atoms with Crippen LogP contribution in [0.4, 0.5) is 5.69 Å². The maximum Gasteiger partial charge on any atom is 0.257 e. The van der Waals surface area contributed by atoms with Crippen molar-refractivity contribution in [3.8, 4) is 0 Å². The lowest BCUT2D eigenvalue weighted by atomic mass is 10.2. The van der Waals surface area contributed by atoms with Crippen molar-refractivity contribution < 1.29 is 4.79 Å². The van der Waals surface area contributed by atoms with Gasteiger partial charge in [0.05, 0.1) is 22.3 Å². The van der Waals surface area contributed by atoms with Crippen LogP contribution in [0.5, 0.6) is 0 Å². The first-order valence-electron chi connectivity index (χ1n) is 8.80. The Labute approximate surface area is 176 Å². The molecule has 1 N–H and O–H groups in total. The van der Waals surface area contributed by atoms with Crippen LogP contribution in [0, 0.1) is 6.92 Å². The number of thioether (sulfide) groups is 1. The second-order valence-electron chi connectivity index (χ2n) is 6.38. The minimum Gasteiger partial charge on any atom is -0.330 e. The van der Waals surface area contributed by atoms with Crippen molar-refractivity contribution in [1.82, 2.24) is 24.5 Å². The molecule has 7 nitrogen and oxygen atoms in total. The van der Waals surface area contributed by atoms with Gasteiger partial charge in [-0.15, -0.1) is 0 Å². The zero-order valence-electron chi connectivity index (χ0n) is 15.8. The predicted octanol–water partition coefficient (Wildman–Crippen LogP) is 4.26. The van der Waals surface area contributed by atoms with Gasteiger partial charge in [0, 0.05) is 30.8 Å². The second-order valence-corrected chi connectivity index (χ2v) is 7.71. The summed E-state index contributed by atoms with van der Waals surface area (Å²) in [5.74, 6) is 1.30. The van der Waals surface area contributed by atoms with E-state index >= 15 is 0 Å². The third kappa shape index (κ3) is 4.38. The molecule has 0 aliphatic heterocycles. The average Bonchev–Trinajstić information content (AvgIpc) is 3.02. The Morgan fingerprint density at radius 3 is 2.79 bits per heavy atom. The van der Waals surface area contributed by atoms with E-state index in [0.717, 1.165) is 27.7 Å². The fourth-order valence-electron chi connectivity index (χ4n) is 2.79. The summed E-state index contributed by atoms with van der Waals surface area (Å²) in [5.41, 5.74) is 3.82. The highest BCUT2D eigenvalue weighted by molar-refractivity contribution is 7.98. The molecule has 146 valence electrons. The minimum absolute atomic E-state index is 0.253. The number of fused-ring (bicyclic) bond motifs is 1. The van der Waals surface area contributed by atoms with Gasteiger partial charge in [-0.05, 0) is 43.3 Å². The first-order chi connectivity index (χ1) is 14.0. The van der Waals surface area contributed by atoms with Crippen LogP contribution in [-0.2, 0) is 12.8 Å². The number of aromatic nitrogens is 5. The quantitative estimate of drug-likeness (QED) is 0.292. The molecular formula is C20H17ClN6OS. The van der Waals surface area contributed by atoms with Gasteiger partial charge in [0.1, 0.15) is 11.0 Å². The normalized spacial score (nSPS) is 11.0. The number of carbonyl (C=O) groups excluding carboxylic acids is 1.